The number of nitrogens with one attached hydrogen (secondary N) is 1. The standard InChI is InChI=1S/C19H25N3O5/c1-11-13(8-12(10-20-11)21-17(24)26-19(5,6)7)14-9-15(27-22-14)16(23)25-18(2,3)4/h8-10H,1-7H3,(H,21,24). The molecule has 8 heteroatoms. The Morgan fingerprint density at radius 3 is 2.26 bits per heavy atom. The van der Waals surface area contributed by atoms with Crippen LogP contribution in [0.1, 0.15) is 57.8 Å². The maximum Gasteiger partial charge on any atom is 0.412 e. The predicted octanol–water partition coefficient (Wildman–Crippen LogP) is 4.35. The summed E-state index contributed by atoms with van der Waals surface area (Å²) in [6.45, 7) is 12.4. The molecule has 0 aromatic carbocycles. The fraction of sp³-hybridized carbons (Fsp3) is 0.474. The topological polar surface area (TPSA) is 104 Å². The summed E-state index contributed by atoms with van der Waals surface area (Å²) in [4.78, 5) is 28.3. The number of hydrogen-bond acceptors (Lipinski definition) is 7. The molecule has 0 aliphatic carbocycles. The van der Waals surface area contributed by atoms with Crippen LogP contribution in [-0.4, -0.2) is 33.4 Å². The average molecular weight is 375 g/mol. The Morgan fingerprint density at radius 1 is 1.04 bits per heavy atom. The molecule has 0 saturated heterocycles. The lowest BCUT2D eigenvalue weighted by Gasteiger charge is -2.19. The molecule has 0 aliphatic heterocycles. The molecule has 0 aliphatic rings. The molecule has 1 N–H and O–H groups in total. The Morgan fingerprint density at radius 2 is 1.67 bits per heavy atom. The third kappa shape index (κ3) is 6.09. The van der Waals surface area contributed by atoms with Crippen molar-refractivity contribution in [3.05, 3.63) is 29.8 Å². The number of esters is 1. The summed E-state index contributed by atoms with van der Waals surface area (Å²) in [6, 6.07) is 3.17. The van der Waals surface area contributed by atoms with E-state index < -0.39 is 23.3 Å². The Balaban J connectivity index is 2.22. The van der Waals surface area contributed by atoms with Crippen LogP contribution in [0.5, 0.6) is 0 Å². The van der Waals surface area contributed by atoms with Gasteiger partial charge in [0.05, 0.1) is 11.9 Å². The van der Waals surface area contributed by atoms with Crippen LogP contribution in [0.25, 0.3) is 11.3 Å². The average Bonchev–Trinajstić information content (AvgIpc) is 2.95. The molecule has 0 unspecified atom stereocenters. The quantitative estimate of drug-likeness (QED) is 0.795. The minimum absolute atomic E-state index is 0.00942. The van der Waals surface area contributed by atoms with Crippen LogP contribution in [0.2, 0.25) is 0 Å². The lowest BCUT2D eigenvalue weighted by atomic mass is 10.1. The van der Waals surface area contributed by atoms with Crippen molar-refractivity contribution in [1.29, 1.82) is 0 Å². The smallest absolute Gasteiger partial charge is 0.412 e. The van der Waals surface area contributed by atoms with Gasteiger partial charge in [-0.1, -0.05) is 5.16 Å². The van der Waals surface area contributed by atoms with E-state index in [1.807, 2.05) is 0 Å². The molecule has 0 saturated carbocycles. The molecule has 2 aromatic rings. The molecule has 1 amide bonds. The first-order valence-corrected chi connectivity index (χ1v) is 8.51. The SMILES string of the molecule is Cc1ncc(NC(=O)OC(C)(C)C)cc1-c1cc(C(=O)OC(C)(C)C)on1. The summed E-state index contributed by atoms with van der Waals surface area (Å²) in [5, 5.41) is 6.54. The Hall–Kier alpha value is -2.90. The summed E-state index contributed by atoms with van der Waals surface area (Å²) in [5.74, 6) is -0.611. The fourth-order valence-corrected chi connectivity index (χ4v) is 2.11. The van der Waals surface area contributed by atoms with Crippen molar-refractivity contribution in [2.24, 2.45) is 0 Å². The van der Waals surface area contributed by atoms with Crippen molar-refractivity contribution >= 4 is 17.7 Å². The monoisotopic (exact) mass is 375 g/mol. The summed E-state index contributed by atoms with van der Waals surface area (Å²) >= 11 is 0. The van der Waals surface area contributed by atoms with Gasteiger partial charge in [-0.2, -0.15) is 0 Å². The Bertz CT molecular complexity index is 844. The van der Waals surface area contributed by atoms with Crippen LogP contribution in [-0.2, 0) is 9.47 Å². The highest BCUT2D eigenvalue weighted by atomic mass is 16.6. The summed E-state index contributed by atoms with van der Waals surface area (Å²) in [6.07, 6.45) is 0.922. The van der Waals surface area contributed by atoms with Gasteiger partial charge in [0, 0.05) is 17.3 Å². The second kappa shape index (κ2) is 7.38. The van der Waals surface area contributed by atoms with E-state index in [0.29, 0.717) is 22.6 Å². The number of carbonyl (C=O) groups excluding carboxylic acids is 2. The summed E-state index contributed by atoms with van der Waals surface area (Å²) in [5.41, 5.74) is 0.870. The number of aryl methyl sites for hydroxylation is 1. The molecule has 0 atom stereocenters. The molecular formula is C19H25N3O5. The van der Waals surface area contributed by atoms with E-state index in [0.717, 1.165) is 0 Å². The maximum absolute atomic E-state index is 12.1. The van der Waals surface area contributed by atoms with Crippen LogP contribution in [0, 0.1) is 6.92 Å². The van der Waals surface area contributed by atoms with E-state index in [-0.39, 0.29) is 5.76 Å². The first-order valence-electron chi connectivity index (χ1n) is 8.51. The fourth-order valence-electron chi connectivity index (χ4n) is 2.11. The van der Waals surface area contributed by atoms with Gasteiger partial charge in [-0.05, 0) is 54.5 Å². The molecule has 2 rings (SSSR count). The number of hydrogen-bond donors (Lipinski definition) is 1. The zero-order chi connectivity index (χ0) is 20.4. The van der Waals surface area contributed by atoms with Gasteiger partial charge in [0.25, 0.3) is 0 Å². The van der Waals surface area contributed by atoms with Gasteiger partial charge in [0.2, 0.25) is 5.76 Å². The molecule has 0 bridgehead atoms. The van der Waals surface area contributed by atoms with E-state index in [9.17, 15) is 9.59 Å². The van der Waals surface area contributed by atoms with Crippen molar-refractivity contribution < 1.29 is 23.6 Å². The number of rotatable bonds is 3. The molecule has 0 fully saturated rings. The lowest BCUT2D eigenvalue weighted by Crippen LogP contribution is -2.27. The Kier molecular flexibility index (Phi) is 5.58. The number of amides is 1. The highest BCUT2D eigenvalue weighted by Crippen LogP contribution is 2.26. The van der Waals surface area contributed by atoms with Crippen LogP contribution in [0.3, 0.4) is 0 Å². The molecular weight excluding hydrogens is 350 g/mol. The van der Waals surface area contributed by atoms with Gasteiger partial charge < -0.3 is 14.0 Å². The van der Waals surface area contributed by atoms with Crippen molar-refractivity contribution in [2.45, 2.75) is 59.7 Å². The van der Waals surface area contributed by atoms with Crippen molar-refractivity contribution in [3.8, 4) is 11.3 Å². The highest BCUT2D eigenvalue weighted by Gasteiger charge is 2.23. The van der Waals surface area contributed by atoms with Crippen LogP contribution in [0.4, 0.5) is 10.5 Å². The summed E-state index contributed by atoms with van der Waals surface area (Å²) in [7, 11) is 0. The second-order valence-corrected chi connectivity index (χ2v) is 8.06. The molecule has 2 aromatic heterocycles. The van der Waals surface area contributed by atoms with E-state index >= 15 is 0 Å². The first kappa shape index (κ1) is 20.4. The largest absolute Gasteiger partial charge is 0.454 e. The minimum atomic E-state index is -0.640. The normalized spacial score (nSPS) is 11.8. The number of carbonyl (C=O) groups is 2. The molecule has 8 nitrogen and oxygen atoms in total. The second-order valence-electron chi connectivity index (χ2n) is 8.06. The number of nitrogens with zero attached hydrogens (tertiary/aromatic N) is 2. The van der Waals surface area contributed by atoms with Crippen LogP contribution < -0.4 is 5.32 Å². The highest BCUT2D eigenvalue weighted by molar-refractivity contribution is 5.89. The molecule has 146 valence electrons. The molecule has 2 heterocycles. The predicted molar refractivity (Wildman–Crippen MR) is 99.5 cm³/mol. The van der Waals surface area contributed by atoms with Crippen molar-refractivity contribution in [2.75, 3.05) is 5.32 Å². The molecule has 27 heavy (non-hydrogen) atoms. The number of aromatic nitrogens is 2. The van der Waals surface area contributed by atoms with Crippen molar-refractivity contribution in [3.63, 3.8) is 0 Å². The molecule has 0 spiro atoms. The maximum atomic E-state index is 12.1. The van der Waals surface area contributed by atoms with Gasteiger partial charge in [-0.15, -0.1) is 0 Å². The van der Waals surface area contributed by atoms with E-state index in [4.69, 9.17) is 14.0 Å². The Labute approximate surface area is 158 Å². The first-order chi connectivity index (χ1) is 12.3. The zero-order valence-electron chi connectivity index (χ0n) is 16.7. The van der Waals surface area contributed by atoms with Crippen LogP contribution in [0.15, 0.2) is 22.9 Å². The third-order valence-corrected chi connectivity index (χ3v) is 3.12. The lowest BCUT2D eigenvalue weighted by molar-refractivity contribution is 0.00275. The van der Waals surface area contributed by atoms with Crippen molar-refractivity contribution in [1.82, 2.24) is 10.1 Å². The van der Waals surface area contributed by atoms with Gasteiger partial charge >= 0.3 is 12.1 Å². The molecule has 0 radical (unpaired) electrons. The van der Waals surface area contributed by atoms with E-state index in [2.05, 4.69) is 15.5 Å². The van der Waals surface area contributed by atoms with E-state index in [1.54, 1.807) is 54.5 Å². The van der Waals surface area contributed by atoms with Gasteiger partial charge in [-0.25, -0.2) is 9.59 Å². The van der Waals surface area contributed by atoms with Gasteiger partial charge in [0.15, 0.2) is 0 Å². The number of ether oxygens (including phenoxy) is 2. The third-order valence-electron chi connectivity index (χ3n) is 3.12. The zero-order valence-corrected chi connectivity index (χ0v) is 16.7. The minimum Gasteiger partial charge on any atom is -0.454 e. The number of anilines is 1. The van der Waals surface area contributed by atoms with E-state index in [1.165, 1.54) is 12.3 Å². The van der Waals surface area contributed by atoms with Gasteiger partial charge in [-0.3, -0.25) is 10.3 Å². The van der Waals surface area contributed by atoms with Crippen LogP contribution >= 0.6 is 0 Å². The summed E-state index contributed by atoms with van der Waals surface area (Å²) < 4.78 is 15.6. The van der Waals surface area contributed by atoms with Gasteiger partial charge in [0.1, 0.15) is 16.9 Å². The number of pyridine rings is 1.